The molecule has 4 rings (SSSR count). The van der Waals surface area contributed by atoms with Gasteiger partial charge in [-0.25, -0.2) is 9.67 Å². The summed E-state index contributed by atoms with van der Waals surface area (Å²) in [4.78, 5) is 17.8. The van der Waals surface area contributed by atoms with Gasteiger partial charge in [0.05, 0.1) is 23.0 Å². The van der Waals surface area contributed by atoms with Gasteiger partial charge >= 0.3 is 0 Å². The molecule has 0 aliphatic heterocycles. The zero-order chi connectivity index (χ0) is 19.2. The normalized spacial score (nSPS) is 15.7. The molecule has 0 saturated heterocycles. The third-order valence-corrected chi connectivity index (χ3v) is 5.92. The van der Waals surface area contributed by atoms with Crippen molar-refractivity contribution >= 4 is 32.9 Å². The highest BCUT2D eigenvalue weighted by Crippen LogP contribution is 2.42. The van der Waals surface area contributed by atoms with Gasteiger partial charge in [-0.05, 0) is 63.8 Å². The Morgan fingerprint density at radius 1 is 1.30 bits per heavy atom. The molecule has 1 N–H and O–H groups in total. The van der Waals surface area contributed by atoms with Gasteiger partial charge in [0.1, 0.15) is 0 Å². The van der Waals surface area contributed by atoms with Crippen LogP contribution in [0, 0.1) is 6.92 Å². The van der Waals surface area contributed by atoms with Gasteiger partial charge in [-0.2, -0.15) is 5.10 Å². The SMILES string of the molecule is Cc1nc2c(cnn2C(C)C)cc1C(=O)NC1(c2cccc(Br)c2)CCC1. The maximum atomic E-state index is 13.1. The van der Waals surface area contributed by atoms with Crippen molar-refractivity contribution in [1.82, 2.24) is 20.1 Å². The number of fused-ring (bicyclic) bond motifs is 1. The number of nitrogens with one attached hydrogen (secondary N) is 1. The van der Waals surface area contributed by atoms with Crippen molar-refractivity contribution < 1.29 is 4.79 Å². The molecule has 3 aromatic rings. The Labute approximate surface area is 167 Å². The second-order valence-electron chi connectivity index (χ2n) is 7.62. The molecular weight excluding hydrogens is 404 g/mol. The first-order valence-electron chi connectivity index (χ1n) is 9.33. The van der Waals surface area contributed by atoms with Crippen LogP contribution in [0.5, 0.6) is 0 Å². The summed E-state index contributed by atoms with van der Waals surface area (Å²) in [5, 5.41) is 8.60. The van der Waals surface area contributed by atoms with Crippen molar-refractivity contribution in [3.8, 4) is 0 Å². The molecule has 27 heavy (non-hydrogen) atoms. The van der Waals surface area contributed by atoms with Crippen molar-refractivity contribution in [3.05, 3.63) is 57.8 Å². The number of amides is 1. The molecule has 0 spiro atoms. The quantitative estimate of drug-likeness (QED) is 0.645. The number of aromatic nitrogens is 3. The summed E-state index contributed by atoms with van der Waals surface area (Å²) >= 11 is 3.54. The molecule has 2 aromatic heterocycles. The minimum Gasteiger partial charge on any atom is -0.342 e. The number of carbonyl (C=O) groups excluding carboxylic acids is 1. The Balaban J connectivity index is 1.67. The van der Waals surface area contributed by atoms with Crippen molar-refractivity contribution in [2.24, 2.45) is 0 Å². The van der Waals surface area contributed by atoms with Crippen molar-refractivity contribution in [3.63, 3.8) is 0 Å². The molecule has 1 amide bonds. The maximum absolute atomic E-state index is 13.1. The fourth-order valence-electron chi connectivity index (χ4n) is 3.76. The molecule has 1 aliphatic rings. The average molecular weight is 427 g/mol. The van der Waals surface area contributed by atoms with Crippen molar-refractivity contribution in [2.75, 3.05) is 0 Å². The van der Waals surface area contributed by atoms with Gasteiger partial charge in [-0.3, -0.25) is 4.79 Å². The number of carbonyl (C=O) groups is 1. The van der Waals surface area contributed by atoms with Crippen molar-refractivity contribution in [1.29, 1.82) is 0 Å². The first kappa shape index (κ1) is 18.2. The third kappa shape index (κ3) is 3.16. The summed E-state index contributed by atoms with van der Waals surface area (Å²) in [5.41, 5.74) is 3.03. The van der Waals surface area contributed by atoms with E-state index in [9.17, 15) is 4.79 Å². The van der Waals surface area contributed by atoms with Gasteiger partial charge < -0.3 is 5.32 Å². The standard InChI is InChI=1S/C21H23BrN4O/c1-13(2)26-19-15(12-23-26)10-18(14(3)24-19)20(27)25-21(8-5-9-21)16-6-4-7-17(22)11-16/h4,6-7,10-13H,5,8-9H2,1-3H3,(H,25,27). The summed E-state index contributed by atoms with van der Waals surface area (Å²) in [7, 11) is 0. The van der Waals surface area contributed by atoms with Crippen molar-refractivity contribution in [2.45, 2.75) is 51.6 Å². The van der Waals surface area contributed by atoms with E-state index < -0.39 is 0 Å². The van der Waals surface area contributed by atoms with E-state index in [0.29, 0.717) is 5.56 Å². The summed E-state index contributed by atoms with van der Waals surface area (Å²) in [5.74, 6) is -0.0705. The molecule has 140 valence electrons. The van der Waals surface area contributed by atoms with E-state index in [-0.39, 0.29) is 17.5 Å². The Morgan fingerprint density at radius 3 is 2.70 bits per heavy atom. The van der Waals surface area contributed by atoms with Gasteiger partial charge in [-0.1, -0.05) is 28.1 Å². The second-order valence-corrected chi connectivity index (χ2v) is 8.53. The van der Waals surface area contributed by atoms with E-state index >= 15 is 0 Å². The summed E-state index contributed by atoms with van der Waals surface area (Å²) in [6.45, 7) is 6.03. The van der Waals surface area contributed by atoms with Gasteiger partial charge in [0.25, 0.3) is 5.91 Å². The van der Waals surface area contributed by atoms with Gasteiger partial charge in [0.15, 0.2) is 5.65 Å². The molecule has 5 nitrogen and oxygen atoms in total. The topological polar surface area (TPSA) is 59.8 Å². The Morgan fingerprint density at radius 2 is 2.07 bits per heavy atom. The molecule has 6 heteroatoms. The van der Waals surface area contributed by atoms with Crippen LogP contribution in [-0.4, -0.2) is 20.7 Å². The number of pyridine rings is 1. The van der Waals surface area contributed by atoms with Crippen LogP contribution in [0.3, 0.4) is 0 Å². The van der Waals surface area contributed by atoms with Gasteiger partial charge in [-0.15, -0.1) is 0 Å². The lowest BCUT2D eigenvalue weighted by atomic mass is 9.71. The number of halogens is 1. The fourth-order valence-corrected chi connectivity index (χ4v) is 4.16. The highest BCUT2D eigenvalue weighted by Gasteiger charge is 2.40. The van der Waals surface area contributed by atoms with E-state index in [0.717, 1.165) is 46.0 Å². The average Bonchev–Trinajstić information content (AvgIpc) is 3.00. The van der Waals surface area contributed by atoms with E-state index in [1.165, 1.54) is 0 Å². The zero-order valence-corrected chi connectivity index (χ0v) is 17.4. The second kappa shape index (κ2) is 6.75. The predicted octanol–water partition coefficient (Wildman–Crippen LogP) is 4.89. The smallest absolute Gasteiger partial charge is 0.253 e. The van der Waals surface area contributed by atoms with Crippen LogP contribution in [0.2, 0.25) is 0 Å². The third-order valence-electron chi connectivity index (χ3n) is 5.43. The van der Waals surface area contributed by atoms with Crippen LogP contribution in [0.25, 0.3) is 11.0 Å². The lowest BCUT2D eigenvalue weighted by Gasteiger charge is -2.43. The van der Waals surface area contributed by atoms with Crippen LogP contribution >= 0.6 is 15.9 Å². The number of hydrogen-bond acceptors (Lipinski definition) is 3. The molecular formula is C21H23BrN4O. The summed E-state index contributed by atoms with van der Waals surface area (Å²) in [6, 6.07) is 10.3. The van der Waals surface area contributed by atoms with E-state index in [4.69, 9.17) is 0 Å². The van der Waals surface area contributed by atoms with Gasteiger partial charge in [0.2, 0.25) is 0 Å². The number of benzene rings is 1. The Bertz CT molecular complexity index is 1020. The maximum Gasteiger partial charge on any atom is 0.253 e. The molecule has 1 aromatic carbocycles. The summed E-state index contributed by atoms with van der Waals surface area (Å²) < 4.78 is 2.92. The van der Waals surface area contributed by atoms with Crippen LogP contribution < -0.4 is 5.32 Å². The number of aryl methyl sites for hydroxylation is 1. The molecule has 0 bridgehead atoms. The first-order chi connectivity index (χ1) is 12.9. The van der Waals surface area contributed by atoms with Crippen LogP contribution in [0.15, 0.2) is 41.0 Å². The highest BCUT2D eigenvalue weighted by atomic mass is 79.9. The molecule has 2 heterocycles. The minimum absolute atomic E-state index is 0.0705. The largest absolute Gasteiger partial charge is 0.342 e. The highest BCUT2D eigenvalue weighted by molar-refractivity contribution is 9.10. The zero-order valence-electron chi connectivity index (χ0n) is 15.8. The molecule has 0 unspecified atom stereocenters. The first-order valence-corrected chi connectivity index (χ1v) is 10.1. The molecule has 1 saturated carbocycles. The number of hydrogen-bond donors (Lipinski definition) is 1. The van der Waals surface area contributed by atoms with Crippen LogP contribution in [0.4, 0.5) is 0 Å². The van der Waals surface area contributed by atoms with Crippen LogP contribution in [-0.2, 0) is 5.54 Å². The molecule has 0 atom stereocenters. The summed E-state index contributed by atoms with van der Waals surface area (Å²) in [6.07, 6.45) is 4.81. The lowest BCUT2D eigenvalue weighted by molar-refractivity contribution is 0.0822. The van der Waals surface area contributed by atoms with Gasteiger partial charge in [0, 0.05) is 15.9 Å². The monoisotopic (exact) mass is 426 g/mol. The molecule has 0 radical (unpaired) electrons. The predicted molar refractivity (Wildman–Crippen MR) is 110 cm³/mol. The Hall–Kier alpha value is -2.21. The molecule has 1 aliphatic carbocycles. The minimum atomic E-state index is -0.287. The van der Waals surface area contributed by atoms with E-state index in [1.54, 1.807) is 6.20 Å². The fraction of sp³-hybridized carbons (Fsp3) is 0.381. The Kier molecular flexibility index (Phi) is 4.54. The number of nitrogens with zero attached hydrogens (tertiary/aromatic N) is 3. The van der Waals surface area contributed by atoms with Crippen LogP contribution in [0.1, 0.15) is 60.8 Å². The molecule has 1 fully saturated rings. The lowest BCUT2D eigenvalue weighted by Crippen LogP contribution is -2.51. The van der Waals surface area contributed by atoms with E-state index in [1.807, 2.05) is 29.8 Å². The number of rotatable bonds is 4. The van der Waals surface area contributed by atoms with E-state index in [2.05, 4.69) is 57.3 Å².